The lowest BCUT2D eigenvalue weighted by molar-refractivity contribution is -0.388. The molecule has 0 amide bonds. The second-order valence-corrected chi connectivity index (χ2v) is 5.14. The van der Waals surface area contributed by atoms with Crippen molar-refractivity contribution in [3.63, 3.8) is 0 Å². The van der Waals surface area contributed by atoms with Crippen LogP contribution in [0.25, 0.3) is 0 Å². The largest absolute Gasteiger partial charge is 0.370 e. The molecule has 0 aliphatic rings. The third-order valence-corrected chi connectivity index (χ3v) is 3.91. The van der Waals surface area contributed by atoms with E-state index in [2.05, 4.69) is 24.1 Å². The molecule has 0 spiro atoms. The summed E-state index contributed by atoms with van der Waals surface area (Å²) in [5.41, 5.74) is 0.0879. The lowest BCUT2D eigenvalue weighted by Crippen LogP contribution is -2.03. The minimum Gasteiger partial charge on any atom is -0.370 e. The second kappa shape index (κ2) is 7.20. The van der Waals surface area contributed by atoms with E-state index in [0.29, 0.717) is 16.8 Å². The summed E-state index contributed by atoms with van der Waals surface area (Å²) in [4.78, 5) is 14.9. The van der Waals surface area contributed by atoms with Crippen LogP contribution in [0, 0.1) is 16.0 Å². The van der Waals surface area contributed by atoms with E-state index in [1.54, 1.807) is 6.07 Å². The van der Waals surface area contributed by atoms with Crippen LogP contribution in [0.3, 0.4) is 0 Å². The highest BCUT2D eigenvalue weighted by Gasteiger charge is 2.17. The Bertz CT molecular complexity index is 412. The van der Waals surface area contributed by atoms with Crippen LogP contribution in [0.15, 0.2) is 17.2 Å². The van der Waals surface area contributed by atoms with Gasteiger partial charge in [-0.1, -0.05) is 32.0 Å². The number of rotatable bonds is 7. The van der Waals surface area contributed by atoms with E-state index in [1.807, 2.05) is 6.92 Å². The molecule has 0 aliphatic heterocycles. The highest BCUT2D eigenvalue weighted by Crippen LogP contribution is 2.30. The first-order valence-corrected chi connectivity index (χ1v) is 7.09. The van der Waals surface area contributed by atoms with Gasteiger partial charge in [-0.05, 0) is 18.9 Å². The van der Waals surface area contributed by atoms with Crippen molar-refractivity contribution in [2.24, 2.45) is 5.92 Å². The van der Waals surface area contributed by atoms with E-state index in [-0.39, 0.29) is 10.6 Å². The zero-order valence-corrected chi connectivity index (χ0v) is 11.8. The van der Waals surface area contributed by atoms with Crippen molar-refractivity contribution in [3.05, 3.63) is 22.2 Å². The van der Waals surface area contributed by atoms with Crippen LogP contribution in [0.5, 0.6) is 0 Å². The molecule has 1 aromatic rings. The molecule has 1 unspecified atom stereocenters. The SMILES string of the molecule is CCNc1ccc([N+](=O)[O-])c(SCC(C)CC)n1. The number of hydrogen-bond acceptors (Lipinski definition) is 5. The molecule has 0 aliphatic carbocycles. The molecule has 6 heteroatoms. The van der Waals surface area contributed by atoms with Crippen LogP contribution in [0.1, 0.15) is 27.2 Å². The van der Waals surface area contributed by atoms with E-state index in [0.717, 1.165) is 18.7 Å². The van der Waals surface area contributed by atoms with Gasteiger partial charge in [-0.2, -0.15) is 0 Å². The summed E-state index contributed by atoms with van der Waals surface area (Å²) in [5, 5.41) is 14.5. The van der Waals surface area contributed by atoms with E-state index in [4.69, 9.17) is 0 Å². The van der Waals surface area contributed by atoms with Gasteiger partial charge in [-0.25, -0.2) is 4.98 Å². The van der Waals surface area contributed by atoms with E-state index >= 15 is 0 Å². The maximum absolute atomic E-state index is 10.9. The van der Waals surface area contributed by atoms with Crippen molar-refractivity contribution >= 4 is 23.3 Å². The van der Waals surface area contributed by atoms with E-state index < -0.39 is 0 Å². The Kier molecular flexibility index (Phi) is 5.91. The molecule has 1 heterocycles. The maximum atomic E-state index is 10.9. The number of nitrogens with one attached hydrogen (secondary N) is 1. The van der Waals surface area contributed by atoms with Crippen molar-refractivity contribution in [1.29, 1.82) is 0 Å². The molecule has 5 nitrogen and oxygen atoms in total. The predicted octanol–water partition coefficient (Wildman–Crippen LogP) is 3.56. The van der Waals surface area contributed by atoms with Crippen molar-refractivity contribution in [1.82, 2.24) is 4.98 Å². The standard InChI is InChI=1S/C12H19N3O2S/c1-4-9(3)8-18-12-10(15(16)17)6-7-11(14-12)13-5-2/h6-7,9H,4-5,8H2,1-3H3,(H,13,14). The number of nitro groups is 1. The topological polar surface area (TPSA) is 68.1 Å². The Hall–Kier alpha value is -1.30. The summed E-state index contributed by atoms with van der Waals surface area (Å²) in [5.74, 6) is 2.06. The Labute approximate surface area is 112 Å². The Morgan fingerprint density at radius 1 is 1.50 bits per heavy atom. The van der Waals surface area contributed by atoms with Crippen LogP contribution in [0.4, 0.5) is 11.5 Å². The normalized spacial score (nSPS) is 12.2. The molecular formula is C12H19N3O2S. The van der Waals surface area contributed by atoms with Gasteiger partial charge in [-0.3, -0.25) is 10.1 Å². The van der Waals surface area contributed by atoms with Gasteiger partial charge < -0.3 is 5.32 Å². The van der Waals surface area contributed by atoms with Gasteiger partial charge in [0.05, 0.1) is 4.92 Å². The fourth-order valence-electron chi connectivity index (χ4n) is 1.30. The fraction of sp³-hybridized carbons (Fsp3) is 0.583. The van der Waals surface area contributed by atoms with Gasteiger partial charge in [0.1, 0.15) is 5.82 Å². The minimum atomic E-state index is -0.373. The minimum absolute atomic E-state index is 0.0879. The molecule has 0 aromatic carbocycles. The second-order valence-electron chi connectivity index (χ2n) is 4.13. The molecule has 0 saturated carbocycles. The molecule has 1 rings (SSSR count). The molecule has 0 radical (unpaired) electrons. The molecule has 1 atom stereocenters. The van der Waals surface area contributed by atoms with Crippen LogP contribution in [-0.2, 0) is 0 Å². The Morgan fingerprint density at radius 2 is 2.22 bits per heavy atom. The van der Waals surface area contributed by atoms with Gasteiger partial charge in [0.25, 0.3) is 0 Å². The van der Waals surface area contributed by atoms with Gasteiger partial charge >= 0.3 is 5.69 Å². The van der Waals surface area contributed by atoms with E-state index in [1.165, 1.54) is 17.8 Å². The number of hydrogen-bond donors (Lipinski definition) is 1. The lowest BCUT2D eigenvalue weighted by Gasteiger charge is -2.09. The van der Waals surface area contributed by atoms with E-state index in [9.17, 15) is 10.1 Å². The maximum Gasteiger partial charge on any atom is 0.301 e. The molecule has 100 valence electrons. The lowest BCUT2D eigenvalue weighted by atomic mass is 10.2. The first kappa shape index (κ1) is 14.8. The molecule has 18 heavy (non-hydrogen) atoms. The summed E-state index contributed by atoms with van der Waals surface area (Å²) in [7, 11) is 0. The summed E-state index contributed by atoms with van der Waals surface area (Å²) in [6.45, 7) is 6.96. The van der Waals surface area contributed by atoms with Crippen molar-refractivity contribution in [2.45, 2.75) is 32.2 Å². The molecule has 1 aromatic heterocycles. The highest BCUT2D eigenvalue weighted by molar-refractivity contribution is 7.99. The van der Waals surface area contributed by atoms with Crippen molar-refractivity contribution in [2.75, 3.05) is 17.6 Å². The van der Waals surface area contributed by atoms with Crippen LogP contribution >= 0.6 is 11.8 Å². The van der Waals surface area contributed by atoms with Gasteiger partial charge in [-0.15, -0.1) is 0 Å². The first-order chi connectivity index (χ1) is 8.58. The zero-order valence-electron chi connectivity index (χ0n) is 11.0. The molecule has 0 saturated heterocycles. The van der Waals surface area contributed by atoms with Gasteiger partial charge in [0.15, 0.2) is 5.03 Å². The van der Waals surface area contributed by atoms with Crippen molar-refractivity contribution < 1.29 is 4.92 Å². The monoisotopic (exact) mass is 269 g/mol. The van der Waals surface area contributed by atoms with Crippen molar-refractivity contribution in [3.8, 4) is 0 Å². The van der Waals surface area contributed by atoms with Gasteiger partial charge in [0.2, 0.25) is 0 Å². The van der Waals surface area contributed by atoms with Crippen LogP contribution < -0.4 is 5.32 Å². The van der Waals surface area contributed by atoms with Gasteiger partial charge in [0, 0.05) is 18.4 Å². The Morgan fingerprint density at radius 3 is 2.78 bits per heavy atom. The third-order valence-electron chi connectivity index (χ3n) is 2.60. The highest BCUT2D eigenvalue weighted by atomic mass is 32.2. The Balaban J connectivity index is 2.89. The average molecular weight is 269 g/mol. The summed E-state index contributed by atoms with van der Waals surface area (Å²) in [6.07, 6.45) is 1.06. The quantitative estimate of drug-likeness (QED) is 0.465. The molecule has 0 fully saturated rings. The number of thioether (sulfide) groups is 1. The first-order valence-electron chi connectivity index (χ1n) is 6.10. The smallest absolute Gasteiger partial charge is 0.301 e. The average Bonchev–Trinajstić information content (AvgIpc) is 2.36. The summed E-state index contributed by atoms with van der Waals surface area (Å²) >= 11 is 1.46. The zero-order chi connectivity index (χ0) is 13.5. The number of anilines is 1. The molecule has 1 N–H and O–H groups in total. The summed E-state index contributed by atoms with van der Waals surface area (Å²) in [6, 6.07) is 3.17. The summed E-state index contributed by atoms with van der Waals surface area (Å²) < 4.78 is 0. The third kappa shape index (κ3) is 4.18. The fourth-order valence-corrected chi connectivity index (χ4v) is 2.43. The molecular weight excluding hydrogens is 250 g/mol. The number of pyridine rings is 1. The van der Waals surface area contributed by atoms with Crippen LogP contribution in [0.2, 0.25) is 0 Å². The molecule has 0 bridgehead atoms. The van der Waals surface area contributed by atoms with Crippen LogP contribution in [-0.4, -0.2) is 22.2 Å². The number of aromatic nitrogens is 1. The predicted molar refractivity (Wildman–Crippen MR) is 75.2 cm³/mol. The number of nitrogens with zero attached hydrogens (tertiary/aromatic N) is 2.